The number of alkyl halides is 6. The van der Waals surface area contributed by atoms with Gasteiger partial charge in [-0.2, -0.15) is 26.3 Å². The molecule has 4 nitrogen and oxygen atoms in total. The smallest absolute Gasteiger partial charge is 0.396 e. The second-order valence-corrected chi connectivity index (χ2v) is 9.25. The van der Waals surface area contributed by atoms with Crippen LogP contribution in [0, 0.1) is 11.7 Å². The Morgan fingerprint density at radius 1 is 1.00 bits per heavy atom. The first-order valence-electron chi connectivity index (χ1n) is 11.4. The van der Waals surface area contributed by atoms with Gasteiger partial charge in [0.15, 0.2) is 0 Å². The quantitative estimate of drug-likeness (QED) is 0.516. The highest BCUT2D eigenvalue weighted by molar-refractivity contribution is 5.80. The molecule has 3 unspecified atom stereocenters. The first-order chi connectivity index (χ1) is 16.8. The lowest BCUT2D eigenvalue weighted by molar-refractivity contribution is -0.144. The molecule has 36 heavy (non-hydrogen) atoms. The van der Waals surface area contributed by atoms with Gasteiger partial charge in [-0.15, -0.1) is 0 Å². The van der Waals surface area contributed by atoms with Crippen LogP contribution in [-0.4, -0.2) is 41.2 Å². The third-order valence-corrected chi connectivity index (χ3v) is 6.97. The summed E-state index contributed by atoms with van der Waals surface area (Å²) in [7, 11) is 0. The van der Waals surface area contributed by atoms with Crippen LogP contribution in [0.1, 0.15) is 54.0 Å². The fourth-order valence-electron chi connectivity index (χ4n) is 5.18. The zero-order chi connectivity index (χ0) is 26.4. The van der Waals surface area contributed by atoms with Crippen LogP contribution in [0.5, 0.6) is 0 Å². The molecular weight excluding hydrogens is 495 g/mol. The molecule has 0 spiro atoms. The number of nitrogens with zero attached hydrogens (tertiary/aromatic N) is 1. The molecule has 2 aliphatic rings. The standard InChI is InChI=1S/C25H24F7NO3/c1-13(16-8-17(24(27,28)29)10-18(9-16)25(30,31)32)36-21-11-33-20(7-4-15(12-34)23(33)35)22(21)14-2-5-19(26)6-3-14/h2-3,5-6,8-10,13,15,20-22,34H,4,7,11-12H2,1H3/t13-,15?,20+,21?,22?/m1/s1. The van der Waals surface area contributed by atoms with Crippen LogP contribution in [0.3, 0.4) is 0 Å². The highest BCUT2D eigenvalue weighted by Gasteiger charge is 2.49. The number of ether oxygens (including phenoxy) is 1. The van der Waals surface area contributed by atoms with Gasteiger partial charge in [0.25, 0.3) is 0 Å². The average molecular weight is 519 g/mol. The molecule has 5 atom stereocenters. The van der Waals surface area contributed by atoms with Gasteiger partial charge in [-0.3, -0.25) is 4.79 Å². The number of amides is 1. The minimum Gasteiger partial charge on any atom is -0.396 e. The molecule has 196 valence electrons. The number of piperidine rings is 1. The van der Waals surface area contributed by atoms with Crippen molar-refractivity contribution in [1.82, 2.24) is 4.90 Å². The van der Waals surface area contributed by atoms with Crippen molar-refractivity contribution in [1.29, 1.82) is 0 Å². The molecule has 2 aromatic rings. The normalized spacial score (nSPS) is 25.7. The molecule has 0 bridgehead atoms. The maximum absolute atomic E-state index is 13.6. The van der Waals surface area contributed by atoms with Crippen molar-refractivity contribution in [3.05, 3.63) is 70.5 Å². The Morgan fingerprint density at radius 3 is 2.11 bits per heavy atom. The van der Waals surface area contributed by atoms with E-state index in [2.05, 4.69) is 0 Å². The monoisotopic (exact) mass is 519 g/mol. The van der Waals surface area contributed by atoms with E-state index in [1.807, 2.05) is 0 Å². The van der Waals surface area contributed by atoms with Crippen molar-refractivity contribution in [2.45, 2.75) is 56.3 Å². The van der Waals surface area contributed by atoms with E-state index in [0.29, 0.717) is 30.5 Å². The summed E-state index contributed by atoms with van der Waals surface area (Å²) < 4.78 is 99.6. The molecule has 1 N–H and O–H groups in total. The number of aliphatic hydroxyl groups is 1. The average Bonchev–Trinajstić information content (AvgIpc) is 3.17. The Morgan fingerprint density at radius 2 is 1.58 bits per heavy atom. The van der Waals surface area contributed by atoms with Crippen LogP contribution >= 0.6 is 0 Å². The van der Waals surface area contributed by atoms with Crippen molar-refractivity contribution >= 4 is 5.91 Å². The summed E-state index contributed by atoms with van der Waals surface area (Å²) in [6.45, 7) is 1.06. The minimum atomic E-state index is -4.99. The van der Waals surface area contributed by atoms with E-state index in [4.69, 9.17) is 4.74 Å². The van der Waals surface area contributed by atoms with Gasteiger partial charge >= 0.3 is 12.4 Å². The van der Waals surface area contributed by atoms with Gasteiger partial charge in [0.1, 0.15) is 5.82 Å². The summed E-state index contributed by atoms with van der Waals surface area (Å²) in [5.41, 5.74) is -2.55. The van der Waals surface area contributed by atoms with Crippen molar-refractivity contribution in [2.75, 3.05) is 13.2 Å². The Bertz CT molecular complexity index is 1070. The zero-order valence-electron chi connectivity index (χ0n) is 19.1. The van der Waals surface area contributed by atoms with Crippen molar-refractivity contribution in [2.24, 2.45) is 5.92 Å². The van der Waals surface area contributed by atoms with Crippen molar-refractivity contribution in [3.63, 3.8) is 0 Å². The highest BCUT2D eigenvalue weighted by Crippen LogP contribution is 2.44. The fraction of sp³-hybridized carbons (Fsp3) is 0.480. The lowest BCUT2D eigenvalue weighted by Gasteiger charge is -2.36. The summed E-state index contributed by atoms with van der Waals surface area (Å²) >= 11 is 0. The Hall–Kier alpha value is -2.66. The first-order valence-corrected chi connectivity index (χ1v) is 11.4. The number of hydrogen-bond donors (Lipinski definition) is 1. The maximum Gasteiger partial charge on any atom is 0.416 e. The highest BCUT2D eigenvalue weighted by atomic mass is 19.4. The van der Waals surface area contributed by atoms with E-state index in [-0.39, 0.29) is 36.7 Å². The van der Waals surface area contributed by atoms with Gasteiger partial charge < -0.3 is 14.7 Å². The Labute approximate surface area is 202 Å². The predicted octanol–water partition coefficient (Wildman–Crippen LogP) is 5.71. The summed E-state index contributed by atoms with van der Waals surface area (Å²) in [6, 6.07) is 6.48. The predicted molar refractivity (Wildman–Crippen MR) is 114 cm³/mol. The van der Waals surface area contributed by atoms with Crippen LogP contribution in [0.15, 0.2) is 42.5 Å². The molecule has 2 heterocycles. The zero-order valence-corrected chi connectivity index (χ0v) is 19.1. The lowest BCUT2D eigenvalue weighted by Crippen LogP contribution is -2.46. The third kappa shape index (κ3) is 5.22. The largest absolute Gasteiger partial charge is 0.416 e. The van der Waals surface area contributed by atoms with Gasteiger partial charge in [0, 0.05) is 18.5 Å². The number of fused-ring (bicyclic) bond motifs is 1. The summed E-state index contributed by atoms with van der Waals surface area (Å²) in [5, 5.41) is 9.53. The molecule has 0 aliphatic carbocycles. The van der Waals surface area contributed by atoms with Crippen LogP contribution < -0.4 is 0 Å². The molecule has 2 fully saturated rings. The van der Waals surface area contributed by atoms with Crippen molar-refractivity contribution in [3.8, 4) is 0 Å². The minimum absolute atomic E-state index is 0.0392. The number of hydrogen-bond acceptors (Lipinski definition) is 3. The van der Waals surface area contributed by atoms with E-state index in [1.54, 1.807) is 4.90 Å². The summed E-state index contributed by atoms with van der Waals surface area (Å²) in [5.74, 6) is -1.85. The number of aliphatic hydroxyl groups excluding tert-OH is 1. The molecular formula is C25H24F7NO3. The number of rotatable bonds is 5. The van der Waals surface area contributed by atoms with Gasteiger partial charge in [-0.05, 0) is 61.2 Å². The van der Waals surface area contributed by atoms with Crippen LogP contribution in [-0.2, 0) is 21.9 Å². The van der Waals surface area contributed by atoms with Crippen LogP contribution in [0.25, 0.3) is 0 Å². The Balaban J connectivity index is 1.68. The van der Waals surface area contributed by atoms with Gasteiger partial charge in [-0.1, -0.05) is 12.1 Å². The second kappa shape index (κ2) is 9.66. The Kier molecular flexibility index (Phi) is 7.09. The molecule has 2 aliphatic heterocycles. The molecule has 1 amide bonds. The molecule has 0 aromatic heterocycles. The molecule has 2 aromatic carbocycles. The van der Waals surface area contributed by atoms with E-state index < -0.39 is 53.3 Å². The summed E-state index contributed by atoms with van der Waals surface area (Å²) in [6.07, 6.45) is -11.0. The van der Waals surface area contributed by atoms with Crippen LogP contribution in [0.2, 0.25) is 0 Å². The summed E-state index contributed by atoms with van der Waals surface area (Å²) in [4.78, 5) is 14.4. The molecule has 2 saturated heterocycles. The van der Waals surface area contributed by atoms with E-state index in [0.717, 1.165) is 0 Å². The number of carbonyl (C=O) groups is 1. The number of benzene rings is 2. The lowest BCUT2D eigenvalue weighted by atomic mass is 9.83. The molecule has 11 heteroatoms. The number of halogens is 7. The van der Waals surface area contributed by atoms with Crippen LogP contribution in [0.4, 0.5) is 30.7 Å². The maximum atomic E-state index is 13.6. The van der Waals surface area contributed by atoms with Gasteiger partial charge in [0.05, 0.1) is 35.9 Å². The third-order valence-electron chi connectivity index (χ3n) is 6.97. The number of carbonyl (C=O) groups excluding carboxylic acids is 1. The first kappa shape index (κ1) is 26.4. The topological polar surface area (TPSA) is 49.8 Å². The van der Waals surface area contributed by atoms with E-state index in [1.165, 1.54) is 31.2 Å². The molecule has 0 radical (unpaired) electrons. The van der Waals surface area contributed by atoms with E-state index >= 15 is 0 Å². The van der Waals surface area contributed by atoms with Gasteiger partial charge in [-0.25, -0.2) is 4.39 Å². The van der Waals surface area contributed by atoms with E-state index in [9.17, 15) is 40.6 Å². The fourth-order valence-corrected chi connectivity index (χ4v) is 5.18. The van der Waals surface area contributed by atoms with Crippen molar-refractivity contribution < 1.29 is 45.4 Å². The molecule has 4 rings (SSSR count). The second-order valence-electron chi connectivity index (χ2n) is 9.25. The molecule has 0 saturated carbocycles. The van der Waals surface area contributed by atoms with Gasteiger partial charge in [0.2, 0.25) is 5.91 Å². The SMILES string of the molecule is C[C@@H](OC1CN2C(=O)C(CO)CC[C@H]2C1c1ccc(F)cc1)c1cc(C(F)(F)F)cc(C(F)(F)F)c1.